The van der Waals surface area contributed by atoms with Gasteiger partial charge in [0.25, 0.3) is 0 Å². The highest BCUT2D eigenvalue weighted by molar-refractivity contribution is 5.78. The summed E-state index contributed by atoms with van der Waals surface area (Å²) < 4.78 is 0. The van der Waals surface area contributed by atoms with E-state index in [-0.39, 0.29) is 5.91 Å². The van der Waals surface area contributed by atoms with E-state index in [2.05, 4.69) is 31.4 Å². The van der Waals surface area contributed by atoms with Crippen LogP contribution in [0.2, 0.25) is 0 Å². The first-order valence-corrected chi connectivity index (χ1v) is 7.14. The molecule has 1 amide bonds. The zero-order valence-electron chi connectivity index (χ0n) is 11.6. The summed E-state index contributed by atoms with van der Waals surface area (Å²) in [5.41, 5.74) is 0. The molecule has 0 aromatic heterocycles. The summed E-state index contributed by atoms with van der Waals surface area (Å²) in [4.78, 5) is 11.6. The Hall–Kier alpha value is -0.570. The van der Waals surface area contributed by atoms with Crippen molar-refractivity contribution in [3.8, 4) is 0 Å². The van der Waals surface area contributed by atoms with Crippen LogP contribution in [0.5, 0.6) is 0 Å². The van der Waals surface area contributed by atoms with Gasteiger partial charge in [0.15, 0.2) is 0 Å². The highest BCUT2D eigenvalue weighted by Crippen LogP contribution is 2.27. The van der Waals surface area contributed by atoms with Crippen molar-refractivity contribution in [1.29, 1.82) is 0 Å². The fourth-order valence-corrected chi connectivity index (χ4v) is 2.58. The van der Waals surface area contributed by atoms with E-state index in [0.29, 0.717) is 18.6 Å². The molecule has 3 nitrogen and oxygen atoms in total. The number of nitrogens with one attached hydrogen (secondary N) is 2. The second-order valence-corrected chi connectivity index (χ2v) is 5.61. The largest absolute Gasteiger partial charge is 0.352 e. The van der Waals surface area contributed by atoms with Crippen LogP contribution in [0.1, 0.15) is 59.3 Å². The Morgan fingerprint density at radius 3 is 2.41 bits per heavy atom. The Balaban J connectivity index is 2.14. The van der Waals surface area contributed by atoms with E-state index in [1.165, 1.54) is 25.7 Å². The maximum absolute atomic E-state index is 11.6. The minimum Gasteiger partial charge on any atom is -0.352 e. The molecule has 3 heteroatoms. The molecule has 0 aromatic rings. The molecule has 0 radical (unpaired) electrons. The van der Waals surface area contributed by atoms with E-state index in [0.717, 1.165) is 18.8 Å². The summed E-state index contributed by atoms with van der Waals surface area (Å²) in [7, 11) is 0. The molecular formula is C14H28N2O. The van der Waals surface area contributed by atoms with Crippen LogP contribution >= 0.6 is 0 Å². The number of carbonyl (C=O) groups is 1. The van der Waals surface area contributed by atoms with Crippen LogP contribution in [0.15, 0.2) is 0 Å². The normalized spacial score (nSPS) is 24.9. The van der Waals surface area contributed by atoms with Gasteiger partial charge < -0.3 is 10.6 Å². The van der Waals surface area contributed by atoms with E-state index < -0.39 is 0 Å². The van der Waals surface area contributed by atoms with Crippen molar-refractivity contribution in [2.45, 2.75) is 71.4 Å². The molecule has 0 saturated heterocycles. The van der Waals surface area contributed by atoms with Gasteiger partial charge in [-0.25, -0.2) is 0 Å². The molecule has 1 aliphatic carbocycles. The molecule has 0 aromatic carbocycles. The predicted molar refractivity (Wildman–Crippen MR) is 71.9 cm³/mol. The number of rotatable bonds is 6. The number of hydrogen-bond donors (Lipinski definition) is 2. The molecule has 1 saturated carbocycles. The van der Waals surface area contributed by atoms with Gasteiger partial charge in [-0.3, -0.25) is 4.79 Å². The third-order valence-electron chi connectivity index (χ3n) is 3.58. The van der Waals surface area contributed by atoms with Gasteiger partial charge in [-0.2, -0.15) is 0 Å². The first-order valence-electron chi connectivity index (χ1n) is 7.14. The Morgan fingerprint density at radius 1 is 1.24 bits per heavy atom. The van der Waals surface area contributed by atoms with Gasteiger partial charge >= 0.3 is 0 Å². The summed E-state index contributed by atoms with van der Waals surface area (Å²) in [5, 5.41) is 6.29. The number of hydrogen-bond acceptors (Lipinski definition) is 2. The van der Waals surface area contributed by atoms with E-state index in [1.54, 1.807) is 0 Å². The highest BCUT2D eigenvalue weighted by atomic mass is 16.1. The lowest BCUT2D eigenvalue weighted by molar-refractivity contribution is -0.121. The van der Waals surface area contributed by atoms with Gasteiger partial charge in [0.1, 0.15) is 0 Å². The van der Waals surface area contributed by atoms with Gasteiger partial charge in [-0.05, 0) is 31.6 Å². The SMILES string of the molecule is CCCC1CCC(NC(=O)CNC(C)C)CC1. The molecule has 0 spiro atoms. The molecule has 1 rings (SSSR count). The Bertz CT molecular complexity index is 220. The standard InChI is InChI=1S/C14H28N2O/c1-4-5-12-6-8-13(9-7-12)16-14(17)10-15-11(2)3/h11-13,15H,4-10H2,1-3H3,(H,16,17). The molecule has 0 bridgehead atoms. The topological polar surface area (TPSA) is 41.1 Å². The van der Waals surface area contributed by atoms with Gasteiger partial charge in [0.05, 0.1) is 6.54 Å². The van der Waals surface area contributed by atoms with Gasteiger partial charge in [0, 0.05) is 12.1 Å². The van der Waals surface area contributed by atoms with Crippen LogP contribution in [-0.4, -0.2) is 24.5 Å². The molecule has 1 fully saturated rings. The van der Waals surface area contributed by atoms with Gasteiger partial charge in [0.2, 0.25) is 5.91 Å². The first kappa shape index (κ1) is 14.5. The molecule has 17 heavy (non-hydrogen) atoms. The fourth-order valence-electron chi connectivity index (χ4n) is 2.58. The smallest absolute Gasteiger partial charge is 0.234 e. The van der Waals surface area contributed by atoms with Crippen molar-refractivity contribution in [3.63, 3.8) is 0 Å². The molecule has 0 unspecified atom stereocenters. The van der Waals surface area contributed by atoms with Gasteiger partial charge in [-0.15, -0.1) is 0 Å². The third-order valence-corrected chi connectivity index (χ3v) is 3.58. The summed E-state index contributed by atoms with van der Waals surface area (Å²) in [6.45, 7) is 6.82. The van der Waals surface area contributed by atoms with Crippen LogP contribution in [0.25, 0.3) is 0 Å². The van der Waals surface area contributed by atoms with Crippen molar-refractivity contribution in [2.75, 3.05) is 6.54 Å². The zero-order chi connectivity index (χ0) is 12.7. The van der Waals surface area contributed by atoms with Crippen molar-refractivity contribution >= 4 is 5.91 Å². The minimum absolute atomic E-state index is 0.151. The van der Waals surface area contributed by atoms with E-state index in [4.69, 9.17) is 0 Å². The van der Waals surface area contributed by atoms with Crippen molar-refractivity contribution in [1.82, 2.24) is 10.6 Å². The third kappa shape index (κ3) is 6.06. The lowest BCUT2D eigenvalue weighted by Gasteiger charge is -2.29. The quantitative estimate of drug-likeness (QED) is 0.749. The van der Waals surface area contributed by atoms with E-state index in [1.807, 2.05) is 0 Å². The highest BCUT2D eigenvalue weighted by Gasteiger charge is 2.21. The molecule has 2 N–H and O–H groups in total. The molecular weight excluding hydrogens is 212 g/mol. The molecule has 0 heterocycles. The van der Waals surface area contributed by atoms with Gasteiger partial charge in [-0.1, -0.05) is 33.6 Å². The van der Waals surface area contributed by atoms with E-state index in [9.17, 15) is 4.79 Å². The van der Waals surface area contributed by atoms with Crippen LogP contribution in [-0.2, 0) is 4.79 Å². The average Bonchev–Trinajstić information content (AvgIpc) is 2.29. The van der Waals surface area contributed by atoms with E-state index >= 15 is 0 Å². The average molecular weight is 240 g/mol. The van der Waals surface area contributed by atoms with Crippen molar-refractivity contribution in [2.24, 2.45) is 5.92 Å². The van der Waals surface area contributed by atoms with Crippen molar-refractivity contribution < 1.29 is 4.79 Å². The summed E-state index contributed by atoms with van der Waals surface area (Å²) >= 11 is 0. The Labute approximate surface area is 106 Å². The lowest BCUT2D eigenvalue weighted by atomic mass is 9.83. The van der Waals surface area contributed by atoms with Crippen LogP contribution in [0.3, 0.4) is 0 Å². The summed E-state index contributed by atoms with van der Waals surface area (Å²) in [5.74, 6) is 1.06. The maximum Gasteiger partial charge on any atom is 0.234 e. The second-order valence-electron chi connectivity index (χ2n) is 5.61. The second kappa shape index (κ2) is 7.70. The number of amides is 1. The van der Waals surface area contributed by atoms with Crippen LogP contribution < -0.4 is 10.6 Å². The maximum atomic E-state index is 11.6. The monoisotopic (exact) mass is 240 g/mol. The Morgan fingerprint density at radius 2 is 1.88 bits per heavy atom. The lowest BCUT2D eigenvalue weighted by Crippen LogP contribution is -2.43. The molecule has 1 aliphatic rings. The predicted octanol–water partition coefficient (Wildman–Crippen LogP) is 2.46. The number of carbonyl (C=O) groups excluding carboxylic acids is 1. The summed E-state index contributed by atoms with van der Waals surface area (Å²) in [6.07, 6.45) is 7.55. The fraction of sp³-hybridized carbons (Fsp3) is 0.929. The zero-order valence-corrected chi connectivity index (χ0v) is 11.6. The van der Waals surface area contributed by atoms with Crippen LogP contribution in [0, 0.1) is 5.92 Å². The molecule has 0 aliphatic heterocycles. The Kier molecular flexibility index (Phi) is 6.56. The van der Waals surface area contributed by atoms with Crippen LogP contribution in [0.4, 0.5) is 0 Å². The van der Waals surface area contributed by atoms with Crippen molar-refractivity contribution in [3.05, 3.63) is 0 Å². The molecule has 100 valence electrons. The first-order chi connectivity index (χ1) is 8.11. The molecule has 0 atom stereocenters. The summed E-state index contributed by atoms with van der Waals surface area (Å²) in [6, 6.07) is 0.797. The minimum atomic E-state index is 0.151.